The largest absolute Gasteiger partial charge is 0.393 e. The monoisotopic (exact) mass is 299 g/mol. The van der Waals surface area contributed by atoms with Gasteiger partial charge in [-0.15, -0.1) is 0 Å². The molecule has 4 heteroatoms. The van der Waals surface area contributed by atoms with Gasteiger partial charge < -0.3 is 10.2 Å². The van der Waals surface area contributed by atoms with Crippen LogP contribution in [-0.4, -0.2) is 34.0 Å². The molecule has 3 rings (SSSR count). The number of aliphatic hydroxyl groups excluding tert-OH is 2. The van der Waals surface area contributed by atoms with Crippen molar-refractivity contribution in [3.63, 3.8) is 0 Å². The lowest BCUT2D eigenvalue weighted by Gasteiger charge is -2.32. The van der Waals surface area contributed by atoms with E-state index in [0.717, 1.165) is 11.1 Å². The molecule has 0 unspecified atom stereocenters. The fourth-order valence-electron chi connectivity index (χ4n) is 2.88. The van der Waals surface area contributed by atoms with Crippen LogP contribution in [0.3, 0.4) is 0 Å². The zero-order valence-corrected chi connectivity index (χ0v) is 12.4. The Kier molecular flexibility index (Phi) is 4.55. The summed E-state index contributed by atoms with van der Waals surface area (Å²) in [6.45, 7) is 1.11. The van der Waals surface area contributed by atoms with Crippen molar-refractivity contribution < 1.29 is 15.1 Å². The first kappa shape index (κ1) is 15.2. The van der Waals surface area contributed by atoms with Crippen molar-refractivity contribution in [2.45, 2.75) is 24.7 Å². The lowest BCUT2D eigenvalue weighted by atomic mass is 9.89. The third-order valence-corrected chi connectivity index (χ3v) is 4.18. The molecule has 0 spiro atoms. The average Bonchev–Trinajstić information content (AvgIpc) is 3.00. The smallest absolute Gasteiger partial charge is 0.144 e. The molecule has 0 bridgehead atoms. The molecule has 0 radical (unpaired) electrons. The molecule has 0 aromatic heterocycles. The first-order valence-electron chi connectivity index (χ1n) is 7.55. The molecule has 116 valence electrons. The van der Waals surface area contributed by atoms with Crippen LogP contribution < -0.4 is 0 Å². The first-order chi connectivity index (χ1) is 10.7. The van der Waals surface area contributed by atoms with Gasteiger partial charge in [-0.05, 0) is 17.5 Å². The van der Waals surface area contributed by atoms with Crippen LogP contribution in [0.15, 0.2) is 60.7 Å². The van der Waals surface area contributed by atoms with Crippen LogP contribution in [0.2, 0.25) is 0 Å². The van der Waals surface area contributed by atoms with Crippen LogP contribution >= 0.6 is 0 Å². The highest BCUT2D eigenvalue weighted by molar-refractivity contribution is 5.21. The van der Waals surface area contributed by atoms with Gasteiger partial charge in [-0.25, -0.2) is 0 Å². The normalized spacial score (nSPS) is 23.5. The number of benzene rings is 2. The molecular weight excluding hydrogens is 278 g/mol. The minimum absolute atomic E-state index is 0.214. The van der Waals surface area contributed by atoms with Gasteiger partial charge >= 0.3 is 0 Å². The van der Waals surface area contributed by atoms with E-state index >= 15 is 0 Å². The summed E-state index contributed by atoms with van der Waals surface area (Å²) >= 11 is 0. The van der Waals surface area contributed by atoms with Crippen molar-refractivity contribution in [3.05, 3.63) is 71.8 Å². The Labute approximate surface area is 130 Å². The SMILES string of the molecule is OC[C@@]1([C@H](O)c2ccccc2)CCN(Cc2ccccc2)O1. The second-order valence-electron chi connectivity index (χ2n) is 5.73. The van der Waals surface area contributed by atoms with E-state index in [2.05, 4.69) is 0 Å². The highest BCUT2D eigenvalue weighted by atomic mass is 16.7. The number of hydrogen-bond donors (Lipinski definition) is 2. The second kappa shape index (κ2) is 6.58. The molecule has 1 heterocycles. The molecule has 0 amide bonds. The molecule has 1 saturated heterocycles. The van der Waals surface area contributed by atoms with Gasteiger partial charge in [0.2, 0.25) is 0 Å². The lowest BCUT2D eigenvalue weighted by molar-refractivity contribution is -0.244. The van der Waals surface area contributed by atoms with Crippen molar-refractivity contribution in [3.8, 4) is 0 Å². The number of hydroxylamine groups is 2. The lowest BCUT2D eigenvalue weighted by Crippen LogP contribution is -2.41. The minimum Gasteiger partial charge on any atom is -0.393 e. The molecule has 4 nitrogen and oxygen atoms in total. The van der Waals surface area contributed by atoms with Crippen molar-refractivity contribution in [2.24, 2.45) is 0 Å². The predicted octanol–water partition coefficient (Wildman–Crippen LogP) is 2.29. The maximum atomic E-state index is 10.6. The zero-order chi connectivity index (χ0) is 15.4. The summed E-state index contributed by atoms with van der Waals surface area (Å²) in [5, 5.41) is 22.3. The molecule has 2 aromatic rings. The maximum Gasteiger partial charge on any atom is 0.144 e. The van der Waals surface area contributed by atoms with E-state index in [1.165, 1.54) is 0 Å². The molecule has 0 aliphatic carbocycles. The van der Waals surface area contributed by atoms with Crippen LogP contribution in [0.4, 0.5) is 0 Å². The van der Waals surface area contributed by atoms with E-state index in [0.29, 0.717) is 19.5 Å². The van der Waals surface area contributed by atoms with Crippen molar-refractivity contribution in [1.29, 1.82) is 0 Å². The van der Waals surface area contributed by atoms with Crippen molar-refractivity contribution >= 4 is 0 Å². The Morgan fingerprint density at radius 1 is 1.05 bits per heavy atom. The number of hydrogen-bond acceptors (Lipinski definition) is 4. The molecule has 2 atom stereocenters. The van der Waals surface area contributed by atoms with Gasteiger partial charge in [-0.3, -0.25) is 4.84 Å². The maximum absolute atomic E-state index is 10.6. The van der Waals surface area contributed by atoms with Crippen LogP contribution in [0.25, 0.3) is 0 Å². The quantitative estimate of drug-likeness (QED) is 0.889. The zero-order valence-electron chi connectivity index (χ0n) is 12.4. The van der Waals surface area contributed by atoms with Crippen LogP contribution in [0, 0.1) is 0 Å². The Morgan fingerprint density at radius 2 is 1.68 bits per heavy atom. The summed E-state index contributed by atoms with van der Waals surface area (Å²) in [6.07, 6.45) is -0.258. The fraction of sp³-hybridized carbons (Fsp3) is 0.333. The van der Waals surface area contributed by atoms with E-state index in [4.69, 9.17) is 4.84 Å². The Hall–Kier alpha value is -1.72. The van der Waals surface area contributed by atoms with Gasteiger partial charge in [0, 0.05) is 13.1 Å². The van der Waals surface area contributed by atoms with Crippen LogP contribution in [0.1, 0.15) is 23.7 Å². The Morgan fingerprint density at radius 3 is 2.32 bits per heavy atom. The van der Waals surface area contributed by atoms with E-state index in [9.17, 15) is 10.2 Å². The summed E-state index contributed by atoms with van der Waals surface area (Å²) in [7, 11) is 0. The van der Waals surface area contributed by atoms with Crippen molar-refractivity contribution in [1.82, 2.24) is 5.06 Å². The molecule has 2 aromatic carbocycles. The van der Waals surface area contributed by atoms with Gasteiger partial charge in [0.05, 0.1) is 6.61 Å². The van der Waals surface area contributed by atoms with Gasteiger partial charge in [-0.2, -0.15) is 5.06 Å². The van der Waals surface area contributed by atoms with Gasteiger partial charge in [-0.1, -0.05) is 60.7 Å². The molecule has 22 heavy (non-hydrogen) atoms. The third kappa shape index (κ3) is 3.05. The van der Waals surface area contributed by atoms with Crippen LogP contribution in [-0.2, 0) is 11.4 Å². The van der Waals surface area contributed by atoms with Crippen LogP contribution in [0.5, 0.6) is 0 Å². The molecule has 1 fully saturated rings. The van der Waals surface area contributed by atoms with E-state index in [1.54, 1.807) is 0 Å². The topological polar surface area (TPSA) is 52.9 Å². The van der Waals surface area contributed by atoms with Crippen molar-refractivity contribution in [2.75, 3.05) is 13.2 Å². The predicted molar refractivity (Wildman–Crippen MR) is 83.8 cm³/mol. The van der Waals surface area contributed by atoms with E-state index in [1.807, 2.05) is 65.7 Å². The van der Waals surface area contributed by atoms with Gasteiger partial charge in [0.15, 0.2) is 0 Å². The molecule has 0 saturated carbocycles. The minimum atomic E-state index is -0.962. The first-order valence-corrected chi connectivity index (χ1v) is 7.55. The average molecular weight is 299 g/mol. The standard InChI is InChI=1S/C18H21NO3/c20-14-18(17(21)16-9-5-2-6-10-16)11-12-19(22-18)13-15-7-3-1-4-8-15/h1-10,17,20-21H,11-14H2/t17-,18-/m1/s1. The third-order valence-electron chi connectivity index (χ3n) is 4.18. The molecular formula is C18H21NO3. The number of aliphatic hydroxyl groups is 2. The number of nitrogens with zero attached hydrogens (tertiary/aromatic N) is 1. The summed E-state index contributed by atoms with van der Waals surface area (Å²) in [6, 6.07) is 19.4. The van der Waals surface area contributed by atoms with Gasteiger partial charge in [0.1, 0.15) is 11.7 Å². The summed E-state index contributed by atoms with van der Waals surface area (Å²) in [4.78, 5) is 5.95. The summed E-state index contributed by atoms with van der Waals surface area (Å²) in [5.41, 5.74) is 0.944. The Balaban J connectivity index is 1.72. The summed E-state index contributed by atoms with van der Waals surface area (Å²) in [5.74, 6) is 0. The second-order valence-corrected chi connectivity index (χ2v) is 5.73. The van der Waals surface area contributed by atoms with E-state index in [-0.39, 0.29) is 6.61 Å². The molecule has 2 N–H and O–H groups in total. The summed E-state index contributed by atoms with van der Waals surface area (Å²) < 4.78 is 0. The molecule has 1 aliphatic heterocycles. The highest BCUT2D eigenvalue weighted by Crippen LogP contribution is 2.37. The van der Waals surface area contributed by atoms with Gasteiger partial charge in [0.25, 0.3) is 0 Å². The number of rotatable bonds is 5. The fourth-order valence-corrected chi connectivity index (χ4v) is 2.88. The highest BCUT2D eigenvalue weighted by Gasteiger charge is 2.46. The molecule has 1 aliphatic rings. The van der Waals surface area contributed by atoms with E-state index < -0.39 is 11.7 Å². The Bertz CT molecular complexity index is 590.